The molecule has 2 rings (SSSR count). The van der Waals surface area contributed by atoms with Gasteiger partial charge in [-0.1, -0.05) is 17.7 Å². The summed E-state index contributed by atoms with van der Waals surface area (Å²) in [4.78, 5) is 11.2. The molecule has 1 aromatic rings. The van der Waals surface area contributed by atoms with Crippen molar-refractivity contribution in [2.45, 2.75) is 32.2 Å². The number of carboxylic acids is 1. The fourth-order valence-corrected chi connectivity index (χ4v) is 4.05. The number of benzene rings is 1. The zero-order chi connectivity index (χ0) is 15.6. The van der Waals surface area contributed by atoms with E-state index in [9.17, 15) is 18.3 Å². The van der Waals surface area contributed by atoms with E-state index in [-0.39, 0.29) is 6.54 Å². The fraction of sp³-hybridized carbons (Fsp3) is 0.462. The van der Waals surface area contributed by atoms with Gasteiger partial charge in [0.15, 0.2) is 0 Å². The quantitative estimate of drug-likeness (QED) is 0.885. The van der Waals surface area contributed by atoms with Crippen LogP contribution in [-0.4, -0.2) is 36.4 Å². The normalized spacial score (nSPS) is 20.2. The van der Waals surface area contributed by atoms with Gasteiger partial charge in [0.1, 0.15) is 6.04 Å². The summed E-state index contributed by atoms with van der Waals surface area (Å²) < 4.78 is 28.3. The summed E-state index contributed by atoms with van der Waals surface area (Å²) in [5.74, 6) is -1.12. The highest BCUT2D eigenvalue weighted by molar-refractivity contribution is 7.90. The first-order chi connectivity index (χ1) is 9.83. The van der Waals surface area contributed by atoms with Crippen LogP contribution in [0, 0.1) is 6.92 Å². The SMILES string of the molecule is Cc1c(Cl)cccc1NS(=O)(=O)N1CCCCC1C(=O)O. The maximum absolute atomic E-state index is 12.4. The van der Waals surface area contributed by atoms with Gasteiger partial charge in [0.2, 0.25) is 0 Å². The molecule has 116 valence electrons. The number of hydrogen-bond donors (Lipinski definition) is 2. The Kier molecular flexibility index (Phi) is 4.75. The number of anilines is 1. The Hall–Kier alpha value is -1.31. The van der Waals surface area contributed by atoms with Crippen LogP contribution in [-0.2, 0) is 15.0 Å². The second-order valence-corrected chi connectivity index (χ2v) is 7.01. The number of carboxylic acid groups (broad SMARTS) is 1. The highest BCUT2D eigenvalue weighted by atomic mass is 35.5. The minimum atomic E-state index is -3.93. The number of carbonyl (C=O) groups is 1. The van der Waals surface area contributed by atoms with Gasteiger partial charge < -0.3 is 5.11 Å². The molecule has 1 heterocycles. The summed E-state index contributed by atoms with van der Waals surface area (Å²) in [6.07, 6.45) is 1.68. The molecule has 0 spiro atoms. The van der Waals surface area contributed by atoms with Crippen LogP contribution in [0.5, 0.6) is 0 Å². The maximum atomic E-state index is 12.4. The van der Waals surface area contributed by atoms with Gasteiger partial charge in [-0.15, -0.1) is 0 Å². The summed E-state index contributed by atoms with van der Waals surface area (Å²) in [6.45, 7) is 1.90. The minimum absolute atomic E-state index is 0.200. The minimum Gasteiger partial charge on any atom is -0.480 e. The van der Waals surface area contributed by atoms with Crippen molar-refractivity contribution >= 4 is 33.5 Å². The maximum Gasteiger partial charge on any atom is 0.322 e. The third-order valence-corrected chi connectivity index (χ3v) is 5.50. The molecule has 1 aromatic carbocycles. The lowest BCUT2D eigenvalue weighted by molar-refractivity contribution is -0.142. The summed E-state index contributed by atoms with van der Waals surface area (Å²) in [6, 6.07) is 3.88. The molecule has 0 bridgehead atoms. The number of rotatable bonds is 4. The van der Waals surface area contributed by atoms with Crippen molar-refractivity contribution in [3.8, 4) is 0 Å². The van der Waals surface area contributed by atoms with E-state index in [1.807, 2.05) is 0 Å². The van der Waals surface area contributed by atoms with Gasteiger partial charge in [-0.25, -0.2) is 0 Å². The van der Waals surface area contributed by atoms with Gasteiger partial charge in [-0.3, -0.25) is 9.52 Å². The molecule has 2 N–H and O–H groups in total. The first kappa shape index (κ1) is 16.1. The molecule has 1 saturated heterocycles. The Balaban J connectivity index is 2.28. The van der Waals surface area contributed by atoms with E-state index in [0.29, 0.717) is 35.5 Å². The van der Waals surface area contributed by atoms with E-state index >= 15 is 0 Å². The molecule has 0 saturated carbocycles. The van der Waals surface area contributed by atoms with Crippen molar-refractivity contribution in [1.82, 2.24) is 4.31 Å². The predicted molar refractivity (Wildman–Crippen MR) is 80.7 cm³/mol. The molecule has 1 aliphatic heterocycles. The standard InChI is InChI=1S/C13H17ClN2O4S/c1-9-10(14)5-4-6-11(9)15-21(19,20)16-8-3-2-7-12(16)13(17)18/h4-6,12,15H,2-3,7-8H2,1H3,(H,17,18). The van der Waals surface area contributed by atoms with Crippen molar-refractivity contribution in [2.75, 3.05) is 11.3 Å². The van der Waals surface area contributed by atoms with Crippen LogP contribution in [0.2, 0.25) is 5.02 Å². The predicted octanol–water partition coefficient (Wildman–Crippen LogP) is 2.24. The van der Waals surface area contributed by atoms with Crippen LogP contribution < -0.4 is 4.72 Å². The van der Waals surface area contributed by atoms with Gasteiger partial charge >= 0.3 is 16.2 Å². The van der Waals surface area contributed by atoms with E-state index < -0.39 is 22.2 Å². The largest absolute Gasteiger partial charge is 0.480 e. The van der Waals surface area contributed by atoms with Crippen molar-refractivity contribution in [3.05, 3.63) is 28.8 Å². The Morgan fingerprint density at radius 1 is 1.43 bits per heavy atom. The number of nitrogens with zero attached hydrogens (tertiary/aromatic N) is 1. The van der Waals surface area contributed by atoms with Gasteiger partial charge in [0.25, 0.3) is 0 Å². The first-order valence-electron chi connectivity index (χ1n) is 6.60. The van der Waals surface area contributed by atoms with E-state index in [0.717, 1.165) is 4.31 Å². The molecule has 6 nitrogen and oxygen atoms in total. The summed E-state index contributed by atoms with van der Waals surface area (Å²) in [7, 11) is -3.93. The highest BCUT2D eigenvalue weighted by Gasteiger charge is 2.36. The first-order valence-corrected chi connectivity index (χ1v) is 8.42. The Morgan fingerprint density at radius 3 is 2.81 bits per heavy atom. The molecule has 1 aliphatic rings. The van der Waals surface area contributed by atoms with Gasteiger partial charge in [-0.05, 0) is 43.9 Å². The van der Waals surface area contributed by atoms with Crippen LogP contribution in [0.25, 0.3) is 0 Å². The van der Waals surface area contributed by atoms with Crippen LogP contribution in [0.3, 0.4) is 0 Å². The lowest BCUT2D eigenvalue weighted by atomic mass is 10.1. The zero-order valence-corrected chi connectivity index (χ0v) is 13.1. The Bertz CT molecular complexity index is 648. The number of nitrogens with one attached hydrogen (secondary N) is 1. The molecule has 0 aromatic heterocycles. The monoisotopic (exact) mass is 332 g/mol. The Labute approximate surface area is 128 Å². The fourth-order valence-electron chi connectivity index (χ4n) is 2.36. The lowest BCUT2D eigenvalue weighted by Crippen LogP contribution is -2.50. The van der Waals surface area contributed by atoms with Gasteiger partial charge in [-0.2, -0.15) is 12.7 Å². The number of halogens is 1. The van der Waals surface area contributed by atoms with Crippen LogP contribution in [0.1, 0.15) is 24.8 Å². The molecule has 8 heteroatoms. The van der Waals surface area contributed by atoms with E-state index in [1.165, 1.54) is 0 Å². The lowest BCUT2D eigenvalue weighted by Gasteiger charge is -2.32. The number of hydrogen-bond acceptors (Lipinski definition) is 3. The van der Waals surface area contributed by atoms with Crippen molar-refractivity contribution in [1.29, 1.82) is 0 Å². The van der Waals surface area contributed by atoms with E-state index in [4.69, 9.17) is 11.6 Å². The van der Waals surface area contributed by atoms with Crippen LogP contribution >= 0.6 is 11.6 Å². The molecular weight excluding hydrogens is 316 g/mol. The second-order valence-electron chi connectivity index (χ2n) is 4.98. The van der Waals surface area contributed by atoms with Crippen molar-refractivity contribution < 1.29 is 18.3 Å². The van der Waals surface area contributed by atoms with Gasteiger partial charge in [0.05, 0.1) is 5.69 Å². The average molecular weight is 333 g/mol. The van der Waals surface area contributed by atoms with Crippen LogP contribution in [0.4, 0.5) is 5.69 Å². The topological polar surface area (TPSA) is 86.7 Å². The van der Waals surface area contributed by atoms with Crippen molar-refractivity contribution in [3.63, 3.8) is 0 Å². The molecule has 1 fully saturated rings. The third-order valence-electron chi connectivity index (χ3n) is 3.55. The van der Waals surface area contributed by atoms with E-state index in [2.05, 4.69) is 4.72 Å². The molecule has 21 heavy (non-hydrogen) atoms. The molecule has 1 unspecified atom stereocenters. The summed E-state index contributed by atoms with van der Waals surface area (Å²) in [5.41, 5.74) is 0.962. The molecule has 1 atom stereocenters. The molecular formula is C13H17ClN2O4S. The second kappa shape index (κ2) is 6.21. The number of aliphatic carboxylic acids is 1. The molecule has 0 aliphatic carbocycles. The number of piperidine rings is 1. The third kappa shape index (κ3) is 3.48. The zero-order valence-electron chi connectivity index (χ0n) is 11.5. The van der Waals surface area contributed by atoms with E-state index in [1.54, 1.807) is 25.1 Å². The Morgan fingerprint density at radius 2 is 2.14 bits per heavy atom. The summed E-state index contributed by atoms with van der Waals surface area (Å²) in [5, 5.41) is 9.63. The molecule has 0 amide bonds. The van der Waals surface area contributed by atoms with Gasteiger partial charge in [0, 0.05) is 11.6 Å². The van der Waals surface area contributed by atoms with Crippen molar-refractivity contribution in [2.24, 2.45) is 0 Å². The molecule has 0 radical (unpaired) electrons. The highest BCUT2D eigenvalue weighted by Crippen LogP contribution is 2.26. The smallest absolute Gasteiger partial charge is 0.322 e. The van der Waals surface area contributed by atoms with Crippen LogP contribution in [0.15, 0.2) is 18.2 Å². The summed E-state index contributed by atoms with van der Waals surface area (Å²) >= 11 is 5.97. The average Bonchev–Trinajstić information content (AvgIpc) is 2.44.